The first-order chi connectivity index (χ1) is 7.44. The SMILES string of the molecule is CC(C)(C#CBr)OC(=O)c1ccc(N)cc1. The van der Waals surface area contributed by atoms with Gasteiger partial charge in [0.05, 0.1) is 5.56 Å². The van der Waals surface area contributed by atoms with Gasteiger partial charge in [-0.2, -0.15) is 0 Å². The van der Waals surface area contributed by atoms with Gasteiger partial charge in [0.25, 0.3) is 0 Å². The van der Waals surface area contributed by atoms with Crippen molar-refractivity contribution in [2.75, 3.05) is 5.73 Å². The molecule has 4 heteroatoms. The minimum Gasteiger partial charge on any atom is -0.443 e. The van der Waals surface area contributed by atoms with E-state index in [4.69, 9.17) is 10.5 Å². The lowest BCUT2D eigenvalue weighted by Crippen LogP contribution is -2.26. The predicted octanol–water partition coefficient (Wildman–Crippen LogP) is 2.56. The van der Waals surface area contributed by atoms with E-state index in [0.29, 0.717) is 11.3 Å². The van der Waals surface area contributed by atoms with E-state index in [0.717, 1.165) is 0 Å². The molecule has 0 amide bonds. The number of benzene rings is 1. The van der Waals surface area contributed by atoms with E-state index in [1.54, 1.807) is 38.1 Å². The molecule has 0 fully saturated rings. The van der Waals surface area contributed by atoms with Crippen LogP contribution in [-0.4, -0.2) is 11.6 Å². The molecule has 0 saturated heterocycles. The lowest BCUT2D eigenvalue weighted by molar-refractivity contribution is 0.0204. The zero-order chi connectivity index (χ0) is 12.2. The minimum absolute atomic E-state index is 0.416. The second kappa shape index (κ2) is 5.04. The molecular weight excluding hydrogens is 270 g/mol. The number of hydrogen-bond acceptors (Lipinski definition) is 3. The van der Waals surface area contributed by atoms with Crippen molar-refractivity contribution in [2.24, 2.45) is 0 Å². The van der Waals surface area contributed by atoms with Gasteiger partial charge in [-0.1, -0.05) is 0 Å². The van der Waals surface area contributed by atoms with E-state index >= 15 is 0 Å². The van der Waals surface area contributed by atoms with Crippen molar-refractivity contribution in [3.63, 3.8) is 0 Å². The minimum atomic E-state index is -0.817. The van der Waals surface area contributed by atoms with Crippen LogP contribution in [0.25, 0.3) is 0 Å². The van der Waals surface area contributed by atoms with Gasteiger partial charge in [-0.05, 0) is 48.9 Å². The van der Waals surface area contributed by atoms with Crippen LogP contribution in [0.5, 0.6) is 0 Å². The molecule has 0 saturated carbocycles. The molecule has 0 radical (unpaired) electrons. The van der Waals surface area contributed by atoms with Crippen LogP contribution in [0.2, 0.25) is 0 Å². The zero-order valence-electron chi connectivity index (χ0n) is 9.08. The van der Waals surface area contributed by atoms with Crippen LogP contribution in [0.3, 0.4) is 0 Å². The van der Waals surface area contributed by atoms with E-state index < -0.39 is 11.6 Å². The normalized spacial score (nSPS) is 10.2. The quantitative estimate of drug-likeness (QED) is 0.515. The summed E-state index contributed by atoms with van der Waals surface area (Å²) in [5.41, 5.74) is 5.77. The summed E-state index contributed by atoms with van der Waals surface area (Å²) in [4.78, 5) is 14.2. The second-order valence-electron chi connectivity index (χ2n) is 3.74. The molecule has 0 aromatic heterocycles. The molecule has 0 heterocycles. The fraction of sp³-hybridized carbons (Fsp3) is 0.250. The van der Waals surface area contributed by atoms with Crippen LogP contribution in [0.15, 0.2) is 24.3 Å². The maximum Gasteiger partial charge on any atom is 0.339 e. The van der Waals surface area contributed by atoms with Gasteiger partial charge < -0.3 is 10.5 Å². The number of carbonyl (C=O) groups excluding carboxylic acids is 1. The van der Waals surface area contributed by atoms with E-state index in [1.165, 1.54) is 0 Å². The average Bonchev–Trinajstić information content (AvgIpc) is 2.17. The van der Waals surface area contributed by atoms with Gasteiger partial charge in [-0.3, -0.25) is 0 Å². The molecular formula is C12H12BrNO2. The highest BCUT2D eigenvalue weighted by atomic mass is 79.9. The van der Waals surface area contributed by atoms with Crippen LogP contribution in [-0.2, 0) is 4.74 Å². The highest BCUT2D eigenvalue weighted by Crippen LogP contribution is 2.13. The molecule has 1 rings (SSSR count). The summed E-state index contributed by atoms with van der Waals surface area (Å²) in [6, 6.07) is 6.55. The third-order valence-corrected chi connectivity index (χ3v) is 2.04. The van der Waals surface area contributed by atoms with Crippen molar-refractivity contribution in [1.29, 1.82) is 0 Å². The summed E-state index contributed by atoms with van der Waals surface area (Å²) in [6.07, 6.45) is 0. The molecule has 0 unspecified atom stereocenters. The summed E-state index contributed by atoms with van der Waals surface area (Å²) >= 11 is 2.97. The molecule has 0 atom stereocenters. The van der Waals surface area contributed by atoms with Crippen LogP contribution in [0.1, 0.15) is 24.2 Å². The van der Waals surface area contributed by atoms with Crippen molar-refractivity contribution in [2.45, 2.75) is 19.4 Å². The van der Waals surface area contributed by atoms with E-state index in [1.807, 2.05) is 0 Å². The zero-order valence-corrected chi connectivity index (χ0v) is 10.7. The van der Waals surface area contributed by atoms with Gasteiger partial charge in [0.15, 0.2) is 5.60 Å². The van der Waals surface area contributed by atoms with Crippen LogP contribution < -0.4 is 5.73 Å². The van der Waals surface area contributed by atoms with Gasteiger partial charge in [0.2, 0.25) is 0 Å². The van der Waals surface area contributed by atoms with Crippen LogP contribution in [0, 0.1) is 10.8 Å². The standard InChI is InChI=1S/C12H12BrNO2/c1-12(2,7-8-13)16-11(15)9-3-5-10(14)6-4-9/h3-6H,14H2,1-2H3. The Balaban J connectivity index is 2.79. The number of carbonyl (C=O) groups is 1. The number of nitrogen functional groups attached to an aromatic ring is 1. The van der Waals surface area contributed by atoms with Crippen molar-refractivity contribution in [1.82, 2.24) is 0 Å². The van der Waals surface area contributed by atoms with E-state index in [2.05, 4.69) is 26.7 Å². The Morgan fingerprint density at radius 2 is 1.94 bits per heavy atom. The van der Waals surface area contributed by atoms with E-state index in [9.17, 15) is 4.79 Å². The molecule has 0 bridgehead atoms. The number of rotatable bonds is 2. The monoisotopic (exact) mass is 281 g/mol. The predicted molar refractivity (Wildman–Crippen MR) is 67.1 cm³/mol. The first-order valence-electron chi connectivity index (χ1n) is 4.66. The van der Waals surface area contributed by atoms with Gasteiger partial charge in [-0.25, -0.2) is 4.79 Å². The van der Waals surface area contributed by atoms with E-state index in [-0.39, 0.29) is 0 Å². The summed E-state index contributed by atoms with van der Waals surface area (Å²) in [5.74, 6) is 2.32. The molecule has 0 aliphatic carbocycles. The molecule has 1 aromatic rings. The largest absolute Gasteiger partial charge is 0.443 e. The first-order valence-corrected chi connectivity index (χ1v) is 5.45. The highest BCUT2D eigenvalue weighted by Gasteiger charge is 2.20. The summed E-state index contributed by atoms with van der Waals surface area (Å²) in [6.45, 7) is 3.44. The number of anilines is 1. The van der Waals surface area contributed by atoms with Gasteiger partial charge in [0, 0.05) is 21.6 Å². The summed E-state index contributed by atoms with van der Waals surface area (Å²) < 4.78 is 5.22. The van der Waals surface area contributed by atoms with Crippen LogP contribution >= 0.6 is 15.9 Å². The van der Waals surface area contributed by atoms with Gasteiger partial charge >= 0.3 is 5.97 Å². The van der Waals surface area contributed by atoms with Crippen molar-refractivity contribution in [3.05, 3.63) is 29.8 Å². The van der Waals surface area contributed by atoms with Crippen LogP contribution in [0.4, 0.5) is 5.69 Å². The van der Waals surface area contributed by atoms with Crippen molar-refractivity contribution in [3.8, 4) is 10.8 Å². The number of nitrogens with two attached hydrogens (primary N) is 1. The number of esters is 1. The summed E-state index contributed by atoms with van der Waals surface area (Å²) in [7, 11) is 0. The lowest BCUT2D eigenvalue weighted by atomic mass is 10.1. The topological polar surface area (TPSA) is 52.3 Å². The summed E-state index contributed by atoms with van der Waals surface area (Å²) in [5, 5.41) is 0. The molecule has 0 aliphatic rings. The number of hydrogen-bond donors (Lipinski definition) is 1. The van der Waals surface area contributed by atoms with Crippen molar-refractivity contribution >= 4 is 27.6 Å². The Morgan fingerprint density at radius 1 is 1.38 bits per heavy atom. The van der Waals surface area contributed by atoms with Gasteiger partial charge in [0.1, 0.15) is 0 Å². The Morgan fingerprint density at radius 3 is 2.44 bits per heavy atom. The molecule has 0 spiro atoms. The third-order valence-electron chi connectivity index (χ3n) is 1.84. The Kier molecular flexibility index (Phi) is 3.97. The average molecular weight is 282 g/mol. The fourth-order valence-corrected chi connectivity index (χ4v) is 1.53. The maximum atomic E-state index is 11.7. The Bertz CT molecular complexity index is 440. The smallest absolute Gasteiger partial charge is 0.339 e. The number of ether oxygens (including phenoxy) is 1. The maximum absolute atomic E-state index is 11.7. The lowest BCUT2D eigenvalue weighted by Gasteiger charge is -2.18. The molecule has 2 N–H and O–H groups in total. The molecule has 84 valence electrons. The molecule has 3 nitrogen and oxygen atoms in total. The number of halogens is 1. The van der Waals surface area contributed by atoms with Crippen molar-refractivity contribution < 1.29 is 9.53 Å². The first kappa shape index (κ1) is 12.6. The second-order valence-corrected chi connectivity index (χ2v) is 4.14. The molecule has 16 heavy (non-hydrogen) atoms. The molecule has 1 aromatic carbocycles. The van der Waals surface area contributed by atoms with Gasteiger partial charge in [-0.15, -0.1) is 0 Å². The fourth-order valence-electron chi connectivity index (χ4n) is 1.05. The Labute approximate surface area is 103 Å². The highest BCUT2D eigenvalue weighted by molar-refractivity contribution is 9.12. The third kappa shape index (κ3) is 3.59. The molecule has 0 aliphatic heterocycles. The Hall–Kier alpha value is -1.47.